The van der Waals surface area contributed by atoms with Crippen LogP contribution < -0.4 is 0 Å². The fourth-order valence-electron chi connectivity index (χ4n) is 1.25. The van der Waals surface area contributed by atoms with E-state index in [-0.39, 0.29) is 18.0 Å². The van der Waals surface area contributed by atoms with Gasteiger partial charge < -0.3 is 9.84 Å². The molecule has 2 aliphatic rings. The van der Waals surface area contributed by atoms with Gasteiger partial charge in [0, 0.05) is 0 Å². The summed E-state index contributed by atoms with van der Waals surface area (Å²) in [5, 5.41) is 9.15. The largest absolute Gasteiger partial charge is 0.386 e. The van der Waals surface area contributed by atoms with Crippen molar-refractivity contribution in [3.8, 4) is 0 Å². The number of aliphatic hydroxyl groups excluding tert-OH is 1. The molecule has 0 amide bonds. The summed E-state index contributed by atoms with van der Waals surface area (Å²) in [6, 6.07) is 0. The summed E-state index contributed by atoms with van der Waals surface area (Å²) in [5.41, 5.74) is 0.617. The first-order valence-corrected chi connectivity index (χ1v) is 3.26. The van der Waals surface area contributed by atoms with E-state index in [1.54, 1.807) is 13.0 Å². The molecule has 54 valence electrons. The third kappa shape index (κ3) is 0.646. The van der Waals surface area contributed by atoms with E-state index in [0.717, 1.165) is 0 Å². The molecule has 0 aromatic carbocycles. The summed E-state index contributed by atoms with van der Waals surface area (Å²) in [7, 11) is 0. The molecule has 0 saturated carbocycles. The van der Waals surface area contributed by atoms with Crippen LogP contribution in [0, 0.1) is 0 Å². The molecule has 1 aliphatic carbocycles. The predicted octanol–water partition coefficient (Wildman–Crippen LogP) is -0.356. The standard InChI is InChI=1S/C7H8O3/c1-3-2-4(8)6-7(10-6)5(3)9/h2,4,6-8H,1H3/t4-,6+,7-/m1/s1. The molecule has 10 heavy (non-hydrogen) atoms. The van der Waals surface area contributed by atoms with Gasteiger partial charge in [-0.15, -0.1) is 0 Å². The lowest BCUT2D eigenvalue weighted by Crippen LogP contribution is -2.25. The SMILES string of the molecule is CC1=C[C@@H](O)[C@@H]2O[C@@H]2C1=O. The van der Waals surface area contributed by atoms with Crippen molar-refractivity contribution < 1.29 is 14.6 Å². The van der Waals surface area contributed by atoms with Crippen LogP contribution in [0.5, 0.6) is 0 Å². The van der Waals surface area contributed by atoms with Crippen molar-refractivity contribution in [2.75, 3.05) is 0 Å². The highest BCUT2D eigenvalue weighted by molar-refractivity contribution is 6.01. The highest BCUT2D eigenvalue weighted by Gasteiger charge is 2.51. The first kappa shape index (κ1) is 6.07. The number of rotatable bonds is 0. The molecule has 0 unspecified atom stereocenters. The van der Waals surface area contributed by atoms with Crippen LogP contribution in [0.25, 0.3) is 0 Å². The molecule has 0 aromatic heterocycles. The molecule has 0 aromatic rings. The van der Waals surface area contributed by atoms with Gasteiger partial charge in [0.1, 0.15) is 18.3 Å². The number of Topliss-reactive ketones (excluding diaryl/α,β-unsaturated/α-hetero) is 1. The zero-order chi connectivity index (χ0) is 7.30. The Balaban J connectivity index is 2.30. The van der Waals surface area contributed by atoms with Gasteiger partial charge in [0.2, 0.25) is 0 Å². The highest BCUT2D eigenvalue weighted by Crippen LogP contribution is 2.33. The van der Waals surface area contributed by atoms with E-state index in [4.69, 9.17) is 9.84 Å². The first-order chi connectivity index (χ1) is 4.70. The quantitative estimate of drug-likeness (QED) is 0.467. The lowest BCUT2D eigenvalue weighted by atomic mass is 9.98. The Morgan fingerprint density at radius 3 is 3.10 bits per heavy atom. The Kier molecular flexibility index (Phi) is 1.02. The summed E-state index contributed by atoms with van der Waals surface area (Å²) in [5.74, 6) is 0.0234. The van der Waals surface area contributed by atoms with Crippen molar-refractivity contribution >= 4 is 5.78 Å². The van der Waals surface area contributed by atoms with Gasteiger partial charge in [-0.05, 0) is 18.6 Å². The number of hydrogen-bond donors (Lipinski definition) is 1. The van der Waals surface area contributed by atoms with Crippen LogP contribution in [0.15, 0.2) is 11.6 Å². The van der Waals surface area contributed by atoms with Gasteiger partial charge >= 0.3 is 0 Å². The summed E-state index contributed by atoms with van der Waals surface area (Å²) >= 11 is 0. The Hall–Kier alpha value is -0.670. The van der Waals surface area contributed by atoms with Crippen molar-refractivity contribution in [3.05, 3.63) is 11.6 Å². The molecule has 1 heterocycles. The molecular formula is C7H8O3. The summed E-state index contributed by atoms with van der Waals surface area (Å²) in [6.45, 7) is 1.70. The summed E-state index contributed by atoms with van der Waals surface area (Å²) in [6.07, 6.45) is 0.412. The molecule has 2 rings (SSSR count). The van der Waals surface area contributed by atoms with E-state index in [2.05, 4.69) is 0 Å². The number of ketones is 1. The molecular weight excluding hydrogens is 132 g/mol. The lowest BCUT2D eigenvalue weighted by Gasteiger charge is -2.07. The van der Waals surface area contributed by atoms with Gasteiger partial charge in [-0.25, -0.2) is 0 Å². The molecule has 0 spiro atoms. The smallest absolute Gasteiger partial charge is 0.189 e. The number of carbonyl (C=O) groups is 1. The van der Waals surface area contributed by atoms with Crippen LogP contribution in [-0.4, -0.2) is 29.2 Å². The van der Waals surface area contributed by atoms with E-state index in [9.17, 15) is 4.79 Å². The minimum Gasteiger partial charge on any atom is -0.386 e. The Bertz CT molecular complexity index is 219. The number of aliphatic hydroxyl groups is 1. The van der Waals surface area contributed by atoms with Crippen LogP contribution in [0.1, 0.15) is 6.92 Å². The average molecular weight is 140 g/mol. The molecule has 0 radical (unpaired) electrons. The third-order valence-corrected chi connectivity index (χ3v) is 1.93. The van der Waals surface area contributed by atoms with Gasteiger partial charge in [-0.1, -0.05) is 0 Å². The first-order valence-electron chi connectivity index (χ1n) is 3.26. The van der Waals surface area contributed by atoms with E-state index in [1.165, 1.54) is 0 Å². The Morgan fingerprint density at radius 2 is 2.40 bits per heavy atom. The van der Waals surface area contributed by atoms with Crippen LogP contribution in [-0.2, 0) is 9.53 Å². The fraction of sp³-hybridized carbons (Fsp3) is 0.571. The van der Waals surface area contributed by atoms with Crippen molar-refractivity contribution in [1.82, 2.24) is 0 Å². The number of fused-ring (bicyclic) bond motifs is 1. The number of ether oxygens (including phenoxy) is 1. The van der Waals surface area contributed by atoms with Crippen LogP contribution in [0.2, 0.25) is 0 Å². The zero-order valence-electron chi connectivity index (χ0n) is 5.57. The molecule has 3 nitrogen and oxygen atoms in total. The summed E-state index contributed by atoms with van der Waals surface area (Å²) < 4.78 is 4.92. The van der Waals surface area contributed by atoms with Gasteiger partial charge in [0.05, 0.1) is 0 Å². The monoisotopic (exact) mass is 140 g/mol. The maximum Gasteiger partial charge on any atom is 0.189 e. The minimum atomic E-state index is -0.567. The fourth-order valence-corrected chi connectivity index (χ4v) is 1.25. The molecule has 1 saturated heterocycles. The maximum atomic E-state index is 11.0. The van der Waals surface area contributed by atoms with Crippen molar-refractivity contribution in [2.24, 2.45) is 0 Å². The highest BCUT2D eigenvalue weighted by atomic mass is 16.6. The van der Waals surface area contributed by atoms with Gasteiger partial charge in [-0.3, -0.25) is 4.79 Å². The topological polar surface area (TPSA) is 49.8 Å². The second-order valence-corrected chi connectivity index (χ2v) is 2.73. The molecule has 1 fully saturated rings. The molecule has 1 N–H and O–H groups in total. The minimum absolute atomic E-state index is 0.0234. The normalized spacial score (nSPS) is 44.4. The average Bonchev–Trinajstić information content (AvgIpc) is 2.61. The third-order valence-electron chi connectivity index (χ3n) is 1.93. The molecule has 3 atom stereocenters. The number of epoxide rings is 1. The summed E-state index contributed by atoms with van der Waals surface area (Å²) in [4.78, 5) is 11.0. The van der Waals surface area contributed by atoms with E-state index in [0.29, 0.717) is 5.57 Å². The van der Waals surface area contributed by atoms with Crippen LogP contribution in [0.4, 0.5) is 0 Å². The Labute approximate surface area is 58.3 Å². The van der Waals surface area contributed by atoms with Crippen molar-refractivity contribution in [1.29, 1.82) is 0 Å². The van der Waals surface area contributed by atoms with Crippen molar-refractivity contribution in [2.45, 2.75) is 25.2 Å². The number of carbonyl (C=O) groups excluding carboxylic acids is 1. The predicted molar refractivity (Wildman–Crippen MR) is 33.4 cm³/mol. The second kappa shape index (κ2) is 1.68. The molecule has 3 heteroatoms. The van der Waals surface area contributed by atoms with Gasteiger partial charge in [0.25, 0.3) is 0 Å². The van der Waals surface area contributed by atoms with Gasteiger partial charge in [0.15, 0.2) is 5.78 Å². The molecule has 1 aliphatic heterocycles. The van der Waals surface area contributed by atoms with E-state index in [1.807, 2.05) is 0 Å². The van der Waals surface area contributed by atoms with E-state index < -0.39 is 6.10 Å². The zero-order valence-corrected chi connectivity index (χ0v) is 5.57. The molecule has 0 bridgehead atoms. The second-order valence-electron chi connectivity index (χ2n) is 2.73. The Morgan fingerprint density at radius 1 is 1.70 bits per heavy atom. The van der Waals surface area contributed by atoms with Crippen LogP contribution in [0.3, 0.4) is 0 Å². The lowest BCUT2D eigenvalue weighted by molar-refractivity contribution is -0.116. The van der Waals surface area contributed by atoms with Crippen molar-refractivity contribution in [3.63, 3.8) is 0 Å². The number of hydrogen-bond acceptors (Lipinski definition) is 3. The maximum absolute atomic E-state index is 11.0. The van der Waals surface area contributed by atoms with Crippen LogP contribution >= 0.6 is 0 Å². The van der Waals surface area contributed by atoms with E-state index >= 15 is 0 Å². The van der Waals surface area contributed by atoms with Gasteiger partial charge in [-0.2, -0.15) is 0 Å².